The summed E-state index contributed by atoms with van der Waals surface area (Å²) in [5.41, 5.74) is 2.03. The highest BCUT2D eigenvalue weighted by molar-refractivity contribution is 8.01. The average molecular weight is 446 g/mol. The maximum Gasteiger partial charge on any atom is 0.235 e. The highest BCUT2D eigenvalue weighted by Gasteiger charge is 2.22. The summed E-state index contributed by atoms with van der Waals surface area (Å²) >= 11 is 4.01. The highest BCUT2D eigenvalue weighted by Crippen LogP contribution is 2.37. The maximum absolute atomic E-state index is 13.7. The molecule has 29 heavy (non-hydrogen) atoms. The molecule has 1 aliphatic rings. The number of carbonyl (C=O) groups excluding carboxylic acids is 1. The number of benzene rings is 1. The molecule has 2 N–H and O–H groups in total. The zero-order chi connectivity index (χ0) is 20.2. The molecule has 0 bridgehead atoms. The monoisotopic (exact) mass is 445 g/mol. The number of hydrogen-bond acceptors (Lipinski definition) is 8. The van der Waals surface area contributed by atoms with Crippen LogP contribution in [0.4, 0.5) is 20.2 Å². The van der Waals surface area contributed by atoms with Crippen molar-refractivity contribution < 1.29 is 9.18 Å². The van der Waals surface area contributed by atoms with Crippen LogP contribution in [-0.4, -0.2) is 21.9 Å². The number of nitriles is 1. The number of hydrogen-bond donors (Lipinski definition) is 2. The van der Waals surface area contributed by atoms with Gasteiger partial charge in [-0.25, -0.2) is 4.39 Å². The zero-order valence-electron chi connectivity index (χ0n) is 15.2. The first-order valence-electron chi connectivity index (χ1n) is 8.96. The second kappa shape index (κ2) is 8.90. The Morgan fingerprint density at radius 1 is 1.24 bits per heavy atom. The number of aromatic nitrogens is 2. The molecule has 0 aliphatic heterocycles. The molecule has 0 atom stereocenters. The van der Waals surface area contributed by atoms with Gasteiger partial charge in [-0.2, -0.15) is 5.26 Å². The number of nitrogens with zero attached hydrogens (tertiary/aromatic N) is 3. The Labute approximate surface area is 179 Å². The van der Waals surface area contributed by atoms with Crippen molar-refractivity contribution in [3.8, 4) is 6.07 Å². The van der Waals surface area contributed by atoms with Gasteiger partial charge >= 0.3 is 0 Å². The standard InChI is InChI=1S/C19H16FN5OS3/c20-13-6-2-3-7-14(13)22-18-24-25-19(29-18)27-10-16(26)23-17-12(9-21)11-5-1-4-8-15(11)28-17/h2-3,6-7H,1,4-5,8,10H2,(H,22,24)(H,23,26). The number of para-hydroxylation sites is 1. The summed E-state index contributed by atoms with van der Waals surface area (Å²) in [5.74, 6) is -0.408. The van der Waals surface area contributed by atoms with Crippen LogP contribution >= 0.6 is 34.4 Å². The Morgan fingerprint density at radius 3 is 2.90 bits per heavy atom. The number of thioether (sulfide) groups is 1. The van der Waals surface area contributed by atoms with Crippen LogP contribution in [0.25, 0.3) is 0 Å². The number of carbonyl (C=O) groups is 1. The lowest BCUT2D eigenvalue weighted by atomic mass is 9.96. The molecule has 148 valence electrons. The van der Waals surface area contributed by atoms with Crippen LogP contribution in [0.5, 0.6) is 0 Å². The number of amides is 1. The van der Waals surface area contributed by atoms with E-state index in [1.807, 2.05) is 0 Å². The molecule has 0 spiro atoms. The van der Waals surface area contributed by atoms with E-state index in [9.17, 15) is 14.4 Å². The summed E-state index contributed by atoms with van der Waals surface area (Å²) in [5, 5.41) is 24.3. The lowest BCUT2D eigenvalue weighted by molar-refractivity contribution is -0.113. The zero-order valence-corrected chi connectivity index (χ0v) is 17.6. The van der Waals surface area contributed by atoms with E-state index >= 15 is 0 Å². The molecular formula is C19H16FN5OS3. The molecule has 0 unspecified atom stereocenters. The van der Waals surface area contributed by atoms with Crippen LogP contribution in [0.1, 0.15) is 28.8 Å². The van der Waals surface area contributed by atoms with Gasteiger partial charge in [0.15, 0.2) is 4.34 Å². The Hall–Kier alpha value is -2.48. The molecule has 10 heteroatoms. The third-order valence-corrected chi connectivity index (χ3v) is 7.56. The summed E-state index contributed by atoms with van der Waals surface area (Å²) in [6, 6.07) is 8.56. The Kier molecular flexibility index (Phi) is 6.08. The van der Waals surface area contributed by atoms with E-state index in [1.54, 1.807) is 18.2 Å². The van der Waals surface area contributed by atoms with Crippen molar-refractivity contribution in [3.05, 3.63) is 46.1 Å². The third-order valence-electron chi connectivity index (χ3n) is 4.38. The topological polar surface area (TPSA) is 90.7 Å². The van der Waals surface area contributed by atoms with Crippen LogP contribution in [0.3, 0.4) is 0 Å². The molecule has 3 aromatic rings. The van der Waals surface area contributed by atoms with Crippen molar-refractivity contribution in [2.45, 2.75) is 30.0 Å². The van der Waals surface area contributed by atoms with E-state index in [0.29, 0.717) is 25.7 Å². The van der Waals surface area contributed by atoms with Crippen LogP contribution < -0.4 is 10.6 Å². The SMILES string of the molecule is N#Cc1c(NC(=O)CSc2nnc(Nc3ccccc3F)s2)sc2c1CCCC2. The molecule has 0 radical (unpaired) electrons. The van der Waals surface area contributed by atoms with Gasteiger partial charge < -0.3 is 10.6 Å². The van der Waals surface area contributed by atoms with Crippen molar-refractivity contribution in [1.29, 1.82) is 5.26 Å². The molecule has 1 aliphatic carbocycles. The van der Waals surface area contributed by atoms with Gasteiger partial charge in [0.25, 0.3) is 0 Å². The first-order chi connectivity index (χ1) is 14.1. The molecule has 0 fully saturated rings. The number of halogens is 1. The van der Waals surface area contributed by atoms with E-state index in [0.717, 1.165) is 31.2 Å². The summed E-state index contributed by atoms with van der Waals surface area (Å²) in [6.45, 7) is 0. The van der Waals surface area contributed by atoms with Gasteiger partial charge in [-0.1, -0.05) is 35.2 Å². The fourth-order valence-electron chi connectivity index (χ4n) is 3.06. The second-order valence-corrected chi connectivity index (χ2v) is 9.65. The first-order valence-corrected chi connectivity index (χ1v) is 11.6. The van der Waals surface area contributed by atoms with Gasteiger partial charge in [-0.3, -0.25) is 4.79 Å². The van der Waals surface area contributed by atoms with Crippen LogP contribution in [0.2, 0.25) is 0 Å². The van der Waals surface area contributed by atoms with Gasteiger partial charge in [-0.05, 0) is 43.4 Å². The van der Waals surface area contributed by atoms with Crippen LogP contribution in [0.15, 0.2) is 28.6 Å². The number of anilines is 3. The molecule has 6 nitrogen and oxygen atoms in total. The van der Waals surface area contributed by atoms with Gasteiger partial charge in [0, 0.05) is 4.88 Å². The lowest BCUT2D eigenvalue weighted by Gasteiger charge is -2.09. The molecule has 0 saturated heterocycles. The molecular weight excluding hydrogens is 429 g/mol. The van der Waals surface area contributed by atoms with Crippen molar-refractivity contribution in [3.63, 3.8) is 0 Å². The quantitative estimate of drug-likeness (QED) is 0.521. The third kappa shape index (κ3) is 4.58. The van der Waals surface area contributed by atoms with Gasteiger partial charge in [0.2, 0.25) is 11.0 Å². The predicted octanol–water partition coefficient (Wildman–Crippen LogP) is 4.96. The van der Waals surface area contributed by atoms with E-state index in [2.05, 4.69) is 26.9 Å². The van der Waals surface area contributed by atoms with Crippen LogP contribution in [0, 0.1) is 17.1 Å². The number of thiophene rings is 1. The molecule has 1 amide bonds. The molecule has 4 rings (SSSR count). The van der Waals surface area contributed by atoms with Gasteiger partial charge in [0.1, 0.15) is 16.9 Å². The summed E-state index contributed by atoms with van der Waals surface area (Å²) < 4.78 is 14.3. The normalized spacial score (nSPS) is 12.8. The number of rotatable bonds is 6. The second-order valence-electron chi connectivity index (χ2n) is 6.34. The van der Waals surface area contributed by atoms with Crippen molar-refractivity contribution in [1.82, 2.24) is 10.2 Å². The smallest absolute Gasteiger partial charge is 0.235 e. The number of fused-ring (bicyclic) bond motifs is 1. The lowest BCUT2D eigenvalue weighted by Crippen LogP contribution is -2.13. The Morgan fingerprint density at radius 2 is 2.07 bits per heavy atom. The minimum absolute atomic E-state index is 0.155. The number of aryl methyl sites for hydroxylation is 1. The number of nitrogens with one attached hydrogen (secondary N) is 2. The Balaban J connectivity index is 1.35. The van der Waals surface area contributed by atoms with E-state index in [4.69, 9.17) is 0 Å². The average Bonchev–Trinajstić information content (AvgIpc) is 3.31. The fourth-order valence-corrected chi connectivity index (χ4v) is 5.88. The van der Waals surface area contributed by atoms with Crippen LogP contribution in [-0.2, 0) is 17.6 Å². The largest absolute Gasteiger partial charge is 0.328 e. The molecule has 2 aromatic heterocycles. The minimum atomic E-state index is -0.372. The predicted molar refractivity (Wildman–Crippen MR) is 115 cm³/mol. The Bertz CT molecular complexity index is 1090. The summed E-state index contributed by atoms with van der Waals surface area (Å²) in [4.78, 5) is 13.6. The first kappa shape index (κ1) is 19.8. The van der Waals surface area contributed by atoms with Crippen molar-refractivity contribution in [2.24, 2.45) is 0 Å². The molecule has 1 aromatic carbocycles. The highest BCUT2D eigenvalue weighted by atomic mass is 32.2. The fraction of sp³-hybridized carbons (Fsp3) is 0.263. The van der Waals surface area contributed by atoms with E-state index < -0.39 is 0 Å². The van der Waals surface area contributed by atoms with Gasteiger partial charge in [-0.15, -0.1) is 21.5 Å². The van der Waals surface area contributed by atoms with Crippen molar-refractivity contribution in [2.75, 3.05) is 16.4 Å². The minimum Gasteiger partial charge on any atom is -0.328 e. The van der Waals surface area contributed by atoms with E-state index in [-0.39, 0.29) is 17.5 Å². The van der Waals surface area contributed by atoms with Gasteiger partial charge in [0.05, 0.1) is 17.0 Å². The van der Waals surface area contributed by atoms with Crippen molar-refractivity contribution >= 4 is 56.2 Å². The van der Waals surface area contributed by atoms with E-state index in [1.165, 1.54) is 45.4 Å². The summed E-state index contributed by atoms with van der Waals surface area (Å²) in [6.07, 6.45) is 4.09. The molecule has 2 heterocycles. The molecule has 0 saturated carbocycles. The summed E-state index contributed by atoms with van der Waals surface area (Å²) in [7, 11) is 0. The maximum atomic E-state index is 13.7.